The highest BCUT2D eigenvalue weighted by molar-refractivity contribution is 7.46. The second-order valence-corrected chi connectivity index (χ2v) is 10.9. The molecule has 0 unspecified atom stereocenters. The van der Waals surface area contributed by atoms with Crippen LogP contribution in [0.25, 0.3) is 11.3 Å². The number of benzene rings is 2. The SMILES string of the molecule is C=CC(=O)Cc1cccc(-c2nc(Nc3ccc(OCOP(=O)(O)O)c(N4CCC(C)CC4)c3)ncc2Cl)c1. The number of phosphoric acid groups is 1. The van der Waals surface area contributed by atoms with E-state index in [4.69, 9.17) is 26.1 Å². The highest BCUT2D eigenvalue weighted by Gasteiger charge is 2.21. The molecule has 1 fully saturated rings. The monoisotopic (exact) mass is 572 g/mol. The van der Waals surface area contributed by atoms with Crippen molar-refractivity contribution in [1.82, 2.24) is 9.97 Å². The Labute approximate surface area is 231 Å². The fourth-order valence-corrected chi connectivity index (χ4v) is 4.62. The van der Waals surface area contributed by atoms with E-state index in [9.17, 15) is 9.36 Å². The van der Waals surface area contributed by atoms with Gasteiger partial charge >= 0.3 is 7.82 Å². The average molecular weight is 573 g/mol. The highest BCUT2D eigenvalue weighted by Crippen LogP contribution is 2.38. The molecule has 0 saturated carbocycles. The average Bonchev–Trinajstić information content (AvgIpc) is 2.90. The summed E-state index contributed by atoms with van der Waals surface area (Å²) in [5, 5.41) is 3.57. The van der Waals surface area contributed by atoms with Crippen LogP contribution in [0, 0.1) is 5.92 Å². The summed E-state index contributed by atoms with van der Waals surface area (Å²) in [5.41, 5.74) is 3.53. The van der Waals surface area contributed by atoms with Crippen molar-refractivity contribution in [2.24, 2.45) is 5.92 Å². The molecule has 1 aliphatic heterocycles. The predicted octanol–water partition coefficient (Wildman–Crippen LogP) is 5.52. The molecule has 3 N–H and O–H groups in total. The lowest BCUT2D eigenvalue weighted by molar-refractivity contribution is -0.114. The minimum absolute atomic E-state index is 0.0806. The summed E-state index contributed by atoms with van der Waals surface area (Å²) in [6.07, 6.45) is 5.06. The number of carbonyl (C=O) groups is 1. The van der Waals surface area contributed by atoms with Crippen LogP contribution in [0.5, 0.6) is 5.75 Å². The third-order valence-electron chi connectivity index (χ3n) is 6.33. The number of aromatic nitrogens is 2. The Morgan fingerprint density at radius 1 is 1.26 bits per heavy atom. The molecule has 0 bridgehead atoms. The van der Waals surface area contributed by atoms with Crippen molar-refractivity contribution in [2.45, 2.75) is 26.2 Å². The molecule has 1 aromatic heterocycles. The summed E-state index contributed by atoms with van der Waals surface area (Å²) >= 11 is 6.43. The van der Waals surface area contributed by atoms with Gasteiger partial charge in [-0.3, -0.25) is 4.79 Å². The van der Waals surface area contributed by atoms with Gasteiger partial charge in [0.2, 0.25) is 5.95 Å². The zero-order valence-electron chi connectivity index (χ0n) is 21.4. The van der Waals surface area contributed by atoms with Crippen molar-refractivity contribution in [1.29, 1.82) is 0 Å². The number of nitrogens with one attached hydrogen (secondary N) is 1. The van der Waals surface area contributed by atoms with Crippen LogP contribution in [0.3, 0.4) is 0 Å². The van der Waals surface area contributed by atoms with Crippen LogP contribution in [0.15, 0.2) is 61.3 Å². The summed E-state index contributed by atoms with van der Waals surface area (Å²) in [6, 6.07) is 12.8. The summed E-state index contributed by atoms with van der Waals surface area (Å²) < 4.78 is 21.1. The first-order valence-electron chi connectivity index (χ1n) is 12.4. The number of hydrogen-bond donors (Lipinski definition) is 3. The number of ketones is 1. The van der Waals surface area contributed by atoms with Gasteiger partial charge in [-0.1, -0.05) is 43.3 Å². The first kappa shape index (κ1) is 28.7. The summed E-state index contributed by atoms with van der Waals surface area (Å²) in [4.78, 5) is 40.9. The maximum absolute atomic E-state index is 11.8. The van der Waals surface area contributed by atoms with Crippen molar-refractivity contribution in [3.05, 3.63) is 71.9 Å². The molecular formula is C27H30ClN4O6P. The zero-order chi connectivity index (χ0) is 28.0. The van der Waals surface area contributed by atoms with E-state index < -0.39 is 14.6 Å². The van der Waals surface area contributed by atoms with E-state index in [-0.39, 0.29) is 12.2 Å². The first-order valence-corrected chi connectivity index (χ1v) is 14.3. The van der Waals surface area contributed by atoms with Crippen LogP contribution < -0.4 is 15.0 Å². The van der Waals surface area contributed by atoms with Crippen LogP contribution in [0.4, 0.5) is 17.3 Å². The predicted molar refractivity (Wildman–Crippen MR) is 150 cm³/mol. The molecule has 39 heavy (non-hydrogen) atoms. The molecule has 4 rings (SSSR count). The number of halogens is 1. The van der Waals surface area contributed by atoms with Crippen LogP contribution in [0.1, 0.15) is 25.3 Å². The standard InChI is InChI=1S/C27H30ClN4O6P/c1-3-22(33)14-19-5-4-6-20(13-19)26-23(28)16-29-27(31-26)30-21-7-8-25(37-17-38-39(34,35)36)24(15-21)32-11-9-18(2)10-12-32/h3-8,13,15-16,18H,1,9-12,14,17H2,2H3,(H,29,30,31)(H2,34,35,36). The molecule has 206 valence electrons. The number of phosphoric ester groups is 1. The second kappa shape index (κ2) is 12.7. The van der Waals surface area contributed by atoms with Crippen molar-refractivity contribution in [3.8, 4) is 17.0 Å². The van der Waals surface area contributed by atoms with E-state index in [1.54, 1.807) is 12.1 Å². The molecule has 12 heteroatoms. The van der Waals surface area contributed by atoms with Gasteiger partial charge in [-0.15, -0.1) is 0 Å². The molecule has 3 aromatic rings. The molecule has 0 amide bonds. The van der Waals surface area contributed by atoms with E-state index in [0.29, 0.717) is 34.0 Å². The molecule has 2 heterocycles. The van der Waals surface area contributed by atoms with Gasteiger partial charge in [-0.2, -0.15) is 0 Å². The van der Waals surface area contributed by atoms with Gasteiger partial charge in [0.1, 0.15) is 5.75 Å². The van der Waals surface area contributed by atoms with E-state index >= 15 is 0 Å². The van der Waals surface area contributed by atoms with E-state index in [2.05, 4.69) is 38.2 Å². The smallest absolute Gasteiger partial charge is 0.465 e. The minimum Gasteiger partial charge on any atom is -0.465 e. The van der Waals surface area contributed by atoms with E-state index in [1.165, 1.54) is 12.3 Å². The molecule has 1 aliphatic rings. The number of rotatable bonds is 11. The third-order valence-corrected chi connectivity index (χ3v) is 7.04. The Morgan fingerprint density at radius 3 is 2.74 bits per heavy atom. The van der Waals surface area contributed by atoms with Crippen LogP contribution in [-0.4, -0.2) is 45.4 Å². The van der Waals surface area contributed by atoms with Gasteiger partial charge in [0.15, 0.2) is 12.6 Å². The molecule has 0 atom stereocenters. The number of anilines is 3. The van der Waals surface area contributed by atoms with Crippen LogP contribution in [0.2, 0.25) is 5.02 Å². The first-order chi connectivity index (χ1) is 18.6. The van der Waals surface area contributed by atoms with Crippen molar-refractivity contribution >= 4 is 42.5 Å². The van der Waals surface area contributed by atoms with Crippen LogP contribution >= 0.6 is 19.4 Å². The lowest BCUT2D eigenvalue weighted by Crippen LogP contribution is -2.33. The van der Waals surface area contributed by atoms with Crippen molar-refractivity contribution in [3.63, 3.8) is 0 Å². The molecular weight excluding hydrogens is 543 g/mol. The fourth-order valence-electron chi connectivity index (χ4n) is 4.23. The fraction of sp³-hybridized carbons (Fsp3) is 0.296. The van der Waals surface area contributed by atoms with Gasteiger partial charge in [0.25, 0.3) is 0 Å². The Hall–Kier alpha value is -3.27. The maximum Gasteiger partial charge on any atom is 0.472 e. The van der Waals surface area contributed by atoms with Gasteiger partial charge in [0, 0.05) is 30.8 Å². The van der Waals surface area contributed by atoms with Gasteiger partial charge in [-0.25, -0.2) is 19.1 Å². The Bertz CT molecular complexity index is 1390. The third kappa shape index (κ3) is 8.11. The van der Waals surface area contributed by atoms with Crippen LogP contribution in [-0.2, 0) is 20.3 Å². The molecule has 0 radical (unpaired) electrons. The number of allylic oxidation sites excluding steroid dienone is 1. The lowest BCUT2D eigenvalue weighted by Gasteiger charge is -2.33. The second-order valence-electron chi connectivity index (χ2n) is 9.30. The largest absolute Gasteiger partial charge is 0.472 e. The lowest BCUT2D eigenvalue weighted by atomic mass is 9.98. The molecule has 1 saturated heterocycles. The summed E-state index contributed by atoms with van der Waals surface area (Å²) in [6.45, 7) is 6.77. The molecule has 0 aliphatic carbocycles. The molecule has 10 nitrogen and oxygen atoms in total. The molecule has 0 spiro atoms. The normalized spacial score (nSPS) is 14.2. The van der Waals surface area contributed by atoms with Crippen molar-refractivity contribution < 1.29 is 28.4 Å². The van der Waals surface area contributed by atoms with Gasteiger partial charge in [0.05, 0.1) is 22.6 Å². The topological polar surface area (TPSA) is 134 Å². The summed E-state index contributed by atoms with van der Waals surface area (Å²) in [7, 11) is -4.66. The quantitative estimate of drug-likeness (QED) is 0.153. The number of nitrogens with zero attached hydrogens (tertiary/aromatic N) is 3. The Morgan fingerprint density at radius 2 is 2.03 bits per heavy atom. The highest BCUT2D eigenvalue weighted by atomic mass is 35.5. The number of carbonyl (C=O) groups excluding carboxylic acids is 1. The zero-order valence-corrected chi connectivity index (χ0v) is 23.1. The Balaban J connectivity index is 1.59. The molecule has 2 aromatic carbocycles. The van der Waals surface area contributed by atoms with Gasteiger partial charge in [-0.05, 0) is 54.7 Å². The number of ether oxygens (including phenoxy) is 1. The number of hydrogen-bond acceptors (Lipinski definition) is 8. The van der Waals surface area contributed by atoms with E-state index in [0.717, 1.165) is 42.7 Å². The van der Waals surface area contributed by atoms with Crippen molar-refractivity contribution in [2.75, 3.05) is 30.1 Å². The Kier molecular flexibility index (Phi) is 9.37. The maximum atomic E-state index is 11.8. The van der Waals surface area contributed by atoms with E-state index in [1.807, 2.05) is 30.3 Å². The van der Waals surface area contributed by atoms with Gasteiger partial charge < -0.3 is 24.7 Å². The number of piperidine rings is 1. The summed E-state index contributed by atoms with van der Waals surface area (Å²) in [5.74, 6) is 1.29. The minimum atomic E-state index is -4.66.